The van der Waals surface area contributed by atoms with Gasteiger partial charge in [0.2, 0.25) is 5.91 Å². The molecule has 1 aliphatic rings. The molecule has 0 bridgehead atoms. The summed E-state index contributed by atoms with van der Waals surface area (Å²) in [5, 5.41) is 0. The minimum absolute atomic E-state index is 0.0000880. The highest BCUT2D eigenvalue weighted by Gasteiger charge is 2.41. The molecule has 0 radical (unpaired) electrons. The molecular weight excluding hydrogens is 314 g/mol. The Morgan fingerprint density at radius 2 is 2.00 bits per heavy atom. The van der Waals surface area contributed by atoms with Crippen molar-refractivity contribution in [2.45, 2.75) is 44.7 Å². The van der Waals surface area contributed by atoms with E-state index >= 15 is 0 Å². The van der Waals surface area contributed by atoms with Crippen LogP contribution in [0.5, 0.6) is 0 Å². The first-order chi connectivity index (χ1) is 10.8. The van der Waals surface area contributed by atoms with Crippen molar-refractivity contribution in [1.29, 1.82) is 0 Å². The maximum atomic E-state index is 12.7. The zero-order chi connectivity index (χ0) is 17.0. The van der Waals surface area contributed by atoms with E-state index in [1.54, 1.807) is 4.90 Å². The van der Waals surface area contributed by atoms with Crippen molar-refractivity contribution in [1.82, 2.24) is 4.90 Å². The first kappa shape index (κ1) is 17.7. The van der Waals surface area contributed by atoms with Gasteiger partial charge in [-0.2, -0.15) is 8.78 Å². The smallest absolute Gasteiger partial charge is 0.330 e. The van der Waals surface area contributed by atoms with Crippen LogP contribution in [0.4, 0.5) is 17.6 Å². The fraction of sp³-hybridized carbons (Fsp3) is 0.562. The lowest BCUT2D eigenvalue weighted by atomic mass is 9.94. The molecule has 2 rings (SSSR count). The van der Waals surface area contributed by atoms with Gasteiger partial charge in [-0.3, -0.25) is 4.79 Å². The molecule has 7 heteroatoms. The molecule has 3 nitrogen and oxygen atoms in total. The van der Waals surface area contributed by atoms with Crippen molar-refractivity contribution in [3.05, 3.63) is 35.4 Å². The van der Waals surface area contributed by atoms with Crippen LogP contribution in [0.25, 0.3) is 0 Å². The quantitative estimate of drug-likeness (QED) is 0.591. The summed E-state index contributed by atoms with van der Waals surface area (Å²) in [5.74, 6) is -4.41. The minimum atomic E-state index is -4.18. The fourth-order valence-corrected chi connectivity index (χ4v) is 2.59. The Kier molecular flexibility index (Phi) is 5.62. The van der Waals surface area contributed by atoms with Crippen molar-refractivity contribution in [2.24, 2.45) is 0 Å². The van der Waals surface area contributed by atoms with Crippen LogP contribution in [0.1, 0.15) is 24.5 Å². The average molecular weight is 333 g/mol. The summed E-state index contributed by atoms with van der Waals surface area (Å²) in [6, 6.07) is 7.80. The monoisotopic (exact) mass is 333 g/mol. The van der Waals surface area contributed by atoms with Crippen LogP contribution in [0.2, 0.25) is 0 Å². The highest BCUT2D eigenvalue weighted by Crippen LogP contribution is 2.24. The Labute approximate surface area is 132 Å². The summed E-state index contributed by atoms with van der Waals surface area (Å²) in [6.45, 7) is 0.700. The molecule has 128 valence electrons. The second-order valence-corrected chi connectivity index (χ2v) is 5.71. The summed E-state index contributed by atoms with van der Waals surface area (Å²) in [4.78, 5) is 13.9. The fourth-order valence-electron chi connectivity index (χ4n) is 2.59. The highest BCUT2D eigenvalue weighted by atomic mass is 19.3. The molecule has 1 atom stereocenters. The average Bonchev–Trinajstić information content (AvgIpc) is 2.50. The number of hydrogen-bond donors (Lipinski definition) is 0. The SMILES string of the molecule is C[C@H]1Cc2ccccc2CN1C(=O)CCOCC(F)(F)C(F)F. The number of rotatable bonds is 6. The van der Waals surface area contributed by atoms with Crippen LogP contribution < -0.4 is 0 Å². The Bertz CT molecular complexity index is 551. The third kappa shape index (κ3) is 4.43. The number of benzene rings is 1. The van der Waals surface area contributed by atoms with E-state index in [0.29, 0.717) is 6.54 Å². The van der Waals surface area contributed by atoms with Crippen molar-refractivity contribution >= 4 is 5.91 Å². The van der Waals surface area contributed by atoms with Crippen LogP contribution in [0, 0.1) is 0 Å². The topological polar surface area (TPSA) is 29.5 Å². The molecule has 0 aromatic heterocycles. The third-order valence-corrected chi connectivity index (χ3v) is 3.90. The van der Waals surface area contributed by atoms with Crippen molar-refractivity contribution < 1.29 is 27.1 Å². The van der Waals surface area contributed by atoms with E-state index in [9.17, 15) is 22.4 Å². The largest absolute Gasteiger partial charge is 0.374 e. The van der Waals surface area contributed by atoms with Crippen LogP contribution in [0.3, 0.4) is 0 Å². The van der Waals surface area contributed by atoms with Gasteiger partial charge in [-0.15, -0.1) is 0 Å². The van der Waals surface area contributed by atoms with Gasteiger partial charge in [-0.25, -0.2) is 8.78 Å². The lowest BCUT2D eigenvalue weighted by Gasteiger charge is -2.35. The Hall–Kier alpha value is -1.63. The van der Waals surface area contributed by atoms with E-state index in [4.69, 9.17) is 0 Å². The maximum absolute atomic E-state index is 12.7. The summed E-state index contributed by atoms with van der Waals surface area (Å²) < 4.78 is 53.9. The first-order valence-electron chi connectivity index (χ1n) is 7.41. The van der Waals surface area contributed by atoms with E-state index in [2.05, 4.69) is 4.74 Å². The summed E-state index contributed by atoms with van der Waals surface area (Å²) in [5.41, 5.74) is 2.25. The van der Waals surface area contributed by atoms with Gasteiger partial charge in [-0.1, -0.05) is 24.3 Å². The normalized spacial score (nSPS) is 18.2. The van der Waals surface area contributed by atoms with Crippen molar-refractivity contribution in [2.75, 3.05) is 13.2 Å². The predicted octanol–water partition coefficient (Wildman–Crippen LogP) is 3.27. The Morgan fingerprint density at radius 3 is 2.65 bits per heavy atom. The standard InChI is InChI=1S/C16H19F4NO2/c1-11-8-12-4-2-3-5-13(12)9-21(11)14(22)6-7-23-10-16(19,20)15(17)18/h2-5,11,15H,6-10H2,1H3/t11-/m0/s1. The zero-order valence-corrected chi connectivity index (χ0v) is 12.8. The van der Waals surface area contributed by atoms with Gasteiger partial charge in [0.1, 0.15) is 6.61 Å². The number of hydrogen-bond acceptors (Lipinski definition) is 2. The number of alkyl halides is 4. The second-order valence-electron chi connectivity index (χ2n) is 5.71. The molecule has 0 unspecified atom stereocenters. The van der Waals surface area contributed by atoms with Gasteiger partial charge in [0.25, 0.3) is 0 Å². The molecule has 0 saturated carbocycles. The summed E-state index contributed by atoms with van der Waals surface area (Å²) in [6.07, 6.45) is -3.14. The molecule has 1 aliphatic heterocycles. The lowest BCUT2D eigenvalue weighted by molar-refractivity contribution is -0.167. The number of ether oxygens (including phenoxy) is 1. The Balaban J connectivity index is 1.82. The van der Waals surface area contributed by atoms with E-state index in [0.717, 1.165) is 12.0 Å². The predicted molar refractivity (Wildman–Crippen MR) is 76.5 cm³/mol. The third-order valence-electron chi connectivity index (χ3n) is 3.90. The van der Waals surface area contributed by atoms with Crippen LogP contribution >= 0.6 is 0 Å². The van der Waals surface area contributed by atoms with Crippen molar-refractivity contribution in [3.63, 3.8) is 0 Å². The number of halogens is 4. The lowest BCUT2D eigenvalue weighted by Crippen LogP contribution is -2.43. The van der Waals surface area contributed by atoms with E-state index in [-0.39, 0.29) is 25.0 Å². The molecule has 1 aromatic rings. The van der Waals surface area contributed by atoms with E-state index in [1.165, 1.54) is 5.56 Å². The van der Waals surface area contributed by atoms with Gasteiger partial charge in [0, 0.05) is 12.6 Å². The van der Waals surface area contributed by atoms with E-state index in [1.807, 2.05) is 31.2 Å². The first-order valence-corrected chi connectivity index (χ1v) is 7.41. The molecule has 0 aliphatic carbocycles. The van der Waals surface area contributed by atoms with Gasteiger partial charge in [0.15, 0.2) is 0 Å². The van der Waals surface area contributed by atoms with Crippen LogP contribution in [0.15, 0.2) is 24.3 Å². The molecule has 0 saturated heterocycles. The minimum Gasteiger partial charge on any atom is -0.374 e. The number of carbonyl (C=O) groups excluding carboxylic acids is 1. The van der Waals surface area contributed by atoms with Gasteiger partial charge in [-0.05, 0) is 24.5 Å². The number of fused-ring (bicyclic) bond motifs is 1. The number of amides is 1. The van der Waals surface area contributed by atoms with Gasteiger partial charge >= 0.3 is 12.3 Å². The maximum Gasteiger partial charge on any atom is 0.330 e. The highest BCUT2D eigenvalue weighted by molar-refractivity contribution is 5.77. The molecule has 1 heterocycles. The summed E-state index contributed by atoms with van der Waals surface area (Å²) in [7, 11) is 0. The number of nitrogens with zero attached hydrogens (tertiary/aromatic N) is 1. The van der Waals surface area contributed by atoms with Crippen molar-refractivity contribution in [3.8, 4) is 0 Å². The molecule has 0 N–H and O–H groups in total. The van der Waals surface area contributed by atoms with Gasteiger partial charge < -0.3 is 9.64 Å². The van der Waals surface area contributed by atoms with Gasteiger partial charge in [0.05, 0.1) is 13.0 Å². The molecular formula is C16H19F4NO2. The van der Waals surface area contributed by atoms with E-state index < -0.39 is 19.0 Å². The van der Waals surface area contributed by atoms with Crippen LogP contribution in [-0.2, 0) is 22.5 Å². The summed E-state index contributed by atoms with van der Waals surface area (Å²) >= 11 is 0. The second kappa shape index (κ2) is 7.29. The molecule has 0 fully saturated rings. The van der Waals surface area contributed by atoms with Crippen LogP contribution in [-0.4, -0.2) is 42.4 Å². The number of carbonyl (C=O) groups is 1. The Morgan fingerprint density at radius 1 is 1.35 bits per heavy atom. The zero-order valence-electron chi connectivity index (χ0n) is 12.8. The molecule has 23 heavy (non-hydrogen) atoms. The molecule has 1 aromatic carbocycles. The molecule has 1 amide bonds. The molecule has 0 spiro atoms.